The molecule has 0 spiro atoms. The van der Waals surface area contributed by atoms with Crippen molar-refractivity contribution in [1.82, 2.24) is 9.88 Å². The minimum Gasteiger partial charge on any atom is -0.481 e. The van der Waals surface area contributed by atoms with E-state index >= 15 is 0 Å². The third-order valence-electron chi connectivity index (χ3n) is 4.85. The maximum absolute atomic E-state index is 12.9. The zero-order valence-electron chi connectivity index (χ0n) is 15.9. The summed E-state index contributed by atoms with van der Waals surface area (Å²) in [6.07, 6.45) is 0. The second-order valence-corrected chi connectivity index (χ2v) is 6.66. The predicted octanol–water partition coefficient (Wildman–Crippen LogP) is 4.21. The largest absolute Gasteiger partial charge is 0.481 e. The lowest BCUT2D eigenvalue weighted by molar-refractivity contribution is 0.103. The zero-order valence-corrected chi connectivity index (χ0v) is 15.9. The summed E-state index contributed by atoms with van der Waals surface area (Å²) in [4.78, 5) is 12.9. The standard InChI is InChI=1S/C23H21N3O3/c1-2-29-22(27)20-18-13-17(15-9-5-3-6-10-15)14-19(24)26(18)23(28)25-21(20)16-11-7-4-8-12-16/h3-14,21,24,27H,2H2,1H3,(H,25,28)/b22-20-,24-19?. The van der Waals surface area contributed by atoms with Crippen molar-refractivity contribution in [3.8, 4) is 11.1 Å². The van der Waals surface area contributed by atoms with Crippen LogP contribution in [0.3, 0.4) is 0 Å². The number of pyridine rings is 1. The fourth-order valence-electron chi connectivity index (χ4n) is 3.56. The first-order valence-corrected chi connectivity index (χ1v) is 9.39. The number of fused-ring (bicyclic) bond motifs is 1. The normalized spacial score (nSPS) is 17.3. The van der Waals surface area contributed by atoms with E-state index < -0.39 is 12.1 Å². The molecule has 2 aromatic carbocycles. The summed E-state index contributed by atoms with van der Waals surface area (Å²) < 4.78 is 6.67. The molecule has 0 aliphatic carbocycles. The third kappa shape index (κ3) is 3.40. The van der Waals surface area contributed by atoms with Crippen LogP contribution in [-0.2, 0) is 4.74 Å². The number of benzene rings is 2. The van der Waals surface area contributed by atoms with Gasteiger partial charge in [0.05, 0.1) is 23.9 Å². The highest BCUT2D eigenvalue weighted by atomic mass is 16.6. The van der Waals surface area contributed by atoms with E-state index in [1.54, 1.807) is 13.0 Å². The van der Waals surface area contributed by atoms with Crippen LogP contribution in [0.15, 0.2) is 78.7 Å². The van der Waals surface area contributed by atoms with Crippen LogP contribution in [0.1, 0.15) is 24.2 Å². The lowest BCUT2D eigenvalue weighted by Crippen LogP contribution is -2.45. The maximum Gasteiger partial charge on any atom is 0.328 e. The Morgan fingerprint density at radius 2 is 1.72 bits per heavy atom. The number of nitrogens with one attached hydrogen (secondary N) is 2. The van der Waals surface area contributed by atoms with Crippen LogP contribution < -0.4 is 10.8 Å². The van der Waals surface area contributed by atoms with E-state index in [4.69, 9.17) is 10.1 Å². The van der Waals surface area contributed by atoms with Gasteiger partial charge in [0, 0.05) is 0 Å². The number of hydrogen-bond acceptors (Lipinski definition) is 4. The Kier molecular flexibility index (Phi) is 4.91. The van der Waals surface area contributed by atoms with Crippen molar-refractivity contribution in [3.63, 3.8) is 0 Å². The third-order valence-corrected chi connectivity index (χ3v) is 4.85. The molecule has 146 valence electrons. The lowest BCUT2D eigenvalue weighted by Gasteiger charge is -2.30. The summed E-state index contributed by atoms with van der Waals surface area (Å²) in [5.41, 5.74) is 3.38. The van der Waals surface area contributed by atoms with Crippen molar-refractivity contribution in [1.29, 1.82) is 5.41 Å². The van der Waals surface area contributed by atoms with Crippen LogP contribution in [0, 0.1) is 5.41 Å². The first kappa shape index (κ1) is 18.6. The topological polar surface area (TPSA) is 87.3 Å². The molecule has 29 heavy (non-hydrogen) atoms. The van der Waals surface area contributed by atoms with E-state index in [2.05, 4.69) is 5.32 Å². The first-order chi connectivity index (χ1) is 14.1. The molecule has 0 bridgehead atoms. The SMILES string of the molecule is CCO/C(O)=C1/c2cc(-c3ccccc3)cc(=N)n2C(=O)NC1c1ccccc1. The molecule has 6 heteroatoms. The Morgan fingerprint density at radius 1 is 1.07 bits per heavy atom. The van der Waals surface area contributed by atoms with Crippen molar-refractivity contribution in [3.05, 3.63) is 95.5 Å². The number of amides is 1. The summed E-state index contributed by atoms with van der Waals surface area (Å²) in [7, 11) is 0. The summed E-state index contributed by atoms with van der Waals surface area (Å²) in [6.45, 7) is 2.05. The van der Waals surface area contributed by atoms with Gasteiger partial charge in [-0.25, -0.2) is 9.36 Å². The van der Waals surface area contributed by atoms with E-state index in [9.17, 15) is 9.90 Å². The molecule has 2 heterocycles. The van der Waals surface area contributed by atoms with Crippen molar-refractivity contribution < 1.29 is 14.6 Å². The Labute approximate surface area is 168 Å². The summed E-state index contributed by atoms with van der Waals surface area (Å²) >= 11 is 0. The van der Waals surface area contributed by atoms with E-state index in [1.807, 2.05) is 66.7 Å². The molecular formula is C23H21N3O3. The fraction of sp³-hybridized carbons (Fsp3) is 0.130. The summed E-state index contributed by atoms with van der Waals surface area (Å²) in [6, 6.07) is 21.4. The molecule has 6 nitrogen and oxygen atoms in total. The van der Waals surface area contributed by atoms with Gasteiger partial charge in [-0.15, -0.1) is 0 Å². The van der Waals surface area contributed by atoms with Gasteiger partial charge in [0.1, 0.15) is 5.49 Å². The molecule has 0 radical (unpaired) electrons. The van der Waals surface area contributed by atoms with Crippen molar-refractivity contribution in [2.24, 2.45) is 0 Å². The first-order valence-electron chi connectivity index (χ1n) is 9.39. The molecule has 4 rings (SSSR count). The number of aliphatic hydroxyl groups is 1. The van der Waals surface area contributed by atoms with Gasteiger partial charge >= 0.3 is 6.03 Å². The van der Waals surface area contributed by atoms with Gasteiger partial charge in [-0.3, -0.25) is 5.41 Å². The van der Waals surface area contributed by atoms with Crippen LogP contribution in [0.5, 0.6) is 0 Å². The predicted molar refractivity (Wildman–Crippen MR) is 110 cm³/mol. The highest BCUT2D eigenvalue weighted by Crippen LogP contribution is 2.36. The fourth-order valence-corrected chi connectivity index (χ4v) is 3.56. The molecule has 0 fully saturated rings. The number of carbonyl (C=O) groups is 1. The van der Waals surface area contributed by atoms with Gasteiger partial charge in [-0.1, -0.05) is 60.7 Å². The highest BCUT2D eigenvalue weighted by Gasteiger charge is 2.34. The Balaban J connectivity index is 1.98. The number of rotatable bonds is 4. The van der Waals surface area contributed by atoms with E-state index in [-0.39, 0.29) is 18.0 Å². The molecular weight excluding hydrogens is 366 g/mol. The Hall–Kier alpha value is -3.80. The van der Waals surface area contributed by atoms with E-state index in [1.165, 1.54) is 4.57 Å². The Morgan fingerprint density at radius 3 is 2.38 bits per heavy atom. The number of hydrogen-bond donors (Lipinski definition) is 3. The molecule has 1 unspecified atom stereocenters. The van der Waals surface area contributed by atoms with E-state index in [0.717, 1.165) is 16.7 Å². The minimum atomic E-state index is -0.597. The summed E-state index contributed by atoms with van der Waals surface area (Å²) in [5, 5.41) is 22.0. The molecule has 1 aliphatic heterocycles. The monoisotopic (exact) mass is 387 g/mol. The van der Waals surface area contributed by atoms with Gasteiger partial charge in [0.2, 0.25) is 0 Å². The second-order valence-electron chi connectivity index (χ2n) is 6.66. The van der Waals surface area contributed by atoms with Gasteiger partial charge in [0.15, 0.2) is 0 Å². The smallest absolute Gasteiger partial charge is 0.328 e. The van der Waals surface area contributed by atoms with Gasteiger partial charge in [-0.2, -0.15) is 0 Å². The maximum atomic E-state index is 12.9. The number of carbonyl (C=O) groups excluding carboxylic acids is 1. The van der Waals surface area contributed by atoms with Crippen LogP contribution >= 0.6 is 0 Å². The molecule has 1 aromatic heterocycles. The number of aromatic nitrogens is 1. The number of aliphatic hydroxyl groups excluding tert-OH is 1. The highest BCUT2D eigenvalue weighted by molar-refractivity contribution is 5.90. The summed E-state index contributed by atoms with van der Waals surface area (Å²) in [5.74, 6) is -0.264. The molecule has 1 amide bonds. The lowest BCUT2D eigenvalue weighted by atomic mass is 9.93. The van der Waals surface area contributed by atoms with Crippen molar-refractivity contribution in [2.45, 2.75) is 13.0 Å². The Bertz CT molecular complexity index is 1140. The van der Waals surface area contributed by atoms with Crippen molar-refractivity contribution >= 4 is 11.6 Å². The van der Waals surface area contributed by atoms with Crippen LogP contribution in [0.25, 0.3) is 16.7 Å². The average molecular weight is 387 g/mol. The average Bonchev–Trinajstić information content (AvgIpc) is 2.74. The molecule has 3 aromatic rings. The number of nitrogens with zero attached hydrogens (tertiary/aromatic N) is 1. The van der Waals surface area contributed by atoms with Crippen molar-refractivity contribution in [2.75, 3.05) is 6.61 Å². The molecule has 0 saturated carbocycles. The zero-order chi connectivity index (χ0) is 20.4. The van der Waals surface area contributed by atoms with Gasteiger partial charge < -0.3 is 15.2 Å². The number of ether oxygens (including phenoxy) is 1. The molecule has 0 saturated heterocycles. The van der Waals surface area contributed by atoms with Gasteiger partial charge in [-0.05, 0) is 35.7 Å². The molecule has 1 atom stereocenters. The second kappa shape index (κ2) is 7.67. The molecule has 3 N–H and O–H groups in total. The quantitative estimate of drug-likeness (QED) is 0.586. The van der Waals surface area contributed by atoms with E-state index in [0.29, 0.717) is 11.3 Å². The van der Waals surface area contributed by atoms with Crippen LogP contribution in [-0.4, -0.2) is 22.3 Å². The minimum absolute atomic E-state index is 0.0205. The van der Waals surface area contributed by atoms with Crippen LogP contribution in [0.4, 0.5) is 4.79 Å². The van der Waals surface area contributed by atoms with Gasteiger partial charge in [0.25, 0.3) is 5.95 Å². The molecule has 1 aliphatic rings. The van der Waals surface area contributed by atoms with Crippen LogP contribution in [0.2, 0.25) is 0 Å².